The van der Waals surface area contributed by atoms with Crippen LogP contribution in [0.3, 0.4) is 0 Å². The third-order valence-corrected chi connectivity index (χ3v) is 4.85. The lowest BCUT2D eigenvalue weighted by molar-refractivity contribution is 0.0865. The van der Waals surface area contributed by atoms with E-state index in [1.165, 1.54) is 13.2 Å². The van der Waals surface area contributed by atoms with Crippen molar-refractivity contribution in [3.63, 3.8) is 0 Å². The van der Waals surface area contributed by atoms with Gasteiger partial charge in [-0.05, 0) is 31.0 Å². The van der Waals surface area contributed by atoms with Gasteiger partial charge in [-0.3, -0.25) is 4.79 Å². The highest BCUT2D eigenvalue weighted by Crippen LogP contribution is 2.33. The first-order valence-electron chi connectivity index (χ1n) is 7.45. The lowest BCUT2D eigenvalue weighted by Gasteiger charge is -2.19. The second kappa shape index (κ2) is 7.23. The Morgan fingerprint density at radius 2 is 2.25 bits per heavy atom. The molecule has 0 bridgehead atoms. The molecule has 128 valence electrons. The summed E-state index contributed by atoms with van der Waals surface area (Å²) < 4.78 is 16.5. The smallest absolute Gasteiger partial charge is 0.271 e. The van der Waals surface area contributed by atoms with E-state index in [4.69, 9.17) is 16.4 Å². The Bertz CT molecular complexity index is 841. The van der Waals surface area contributed by atoms with Crippen molar-refractivity contribution in [3.8, 4) is 0 Å². The predicted molar refractivity (Wildman–Crippen MR) is 95.3 cm³/mol. The van der Waals surface area contributed by atoms with Gasteiger partial charge >= 0.3 is 0 Å². The number of hydrogen-bond donors (Lipinski definition) is 2. The van der Waals surface area contributed by atoms with Crippen LogP contribution in [0.4, 0.5) is 15.8 Å². The van der Waals surface area contributed by atoms with Gasteiger partial charge in [0.1, 0.15) is 10.8 Å². The van der Waals surface area contributed by atoms with Crippen molar-refractivity contribution in [1.29, 1.82) is 0 Å². The molecule has 0 atom stereocenters. The second-order valence-electron chi connectivity index (χ2n) is 5.45. The van der Waals surface area contributed by atoms with Crippen LogP contribution in [0.2, 0.25) is 5.02 Å². The number of halogens is 3. The summed E-state index contributed by atoms with van der Waals surface area (Å²) in [6, 6.07) is 4.66. The maximum absolute atomic E-state index is 14.2. The van der Waals surface area contributed by atoms with E-state index in [-0.39, 0.29) is 16.3 Å². The van der Waals surface area contributed by atoms with Gasteiger partial charge in [-0.15, -0.1) is 0 Å². The normalized spacial score (nSPS) is 13.2. The highest BCUT2D eigenvalue weighted by atomic mass is 79.9. The Morgan fingerprint density at radius 3 is 2.96 bits per heavy atom. The Hall–Kier alpha value is -1.41. The van der Waals surface area contributed by atoms with Gasteiger partial charge in [-0.1, -0.05) is 27.5 Å². The van der Waals surface area contributed by atoms with Gasteiger partial charge in [0, 0.05) is 28.8 Å². The molecule has 2 aromatic rings. The van der Waals surface area contributed by atoms with Crippen molar-refractivity contribution < 1.29 is 9.23 Å². The fraction of sp³-hybridized carbons (Fsp3) is 0.312. The van der Waals surface area contributed by atoms with Crippen LogP contribution < -0.4 is 16.4 Å². The Morgan fingerprint density at radius 1 is 1.46 bits per heavy atom. The van der Waals surface area contributed by atoms with Crippen molar-refractivity contribution in [2.45, 2.75) is 25.9 Å². The van der Waals surface area contributed by atoms with Crippen LogP contribution in [-0.4, -0.2) is 11.7 Å². The molecule has 3 rings (SSSR count). The van der Waals surface area contributed by atoms with Crippen LogP contribution in [0.5, 0.6) is 0 Å². The number of hydroxylamine groups is 1. The second-order valence-corrected chi connectivity index (χ2v) is 6.74. The zero-order valence-corrected chi connectivity index (χ0v) is 15.3. The molecule has 0 saturated carbocycles. The van der Waals surface area contributed by atoms with Gasteiger partial charge in [0.05, 0.1) is 18.5 Å². The van der Waals surface area contributed by atoms with Crippen molar-refractivity contribution in [1.82, 2.24) is 10.0 Å². The molecule has 0 spiro atoms. The third-order valence-electron chi connectivity index (χ3n) is 4.01. The summed E-state index contributed by atoms with van der Waals surface area (Å²) in [5.74, 6) is -0.438. The SMILES string of the molecule is CONCc1c(Nc2ccc(Br)cc2F)c(Cl)c(=O)n2c1CCC2. The average Bonchev–Trinajstić information content (AvgIpc) is 3.03. The van der Waals surface area contributed by atoms with Crippen LogP contribution in [0.1, 0.15) is 17.7 Å². The minimum atomic E-state index is -0.438. The molecule has 5 nitrogen and oxygen atoms in total. The number of aromatic nitrogens is 1. The number of nitrogens with one attached hydrogen (secondary N) is 2. The topological polar surface area (TPSA) is 55.3 Å². The zero-order valence-electron chi connectivity index (χ0n) is 13.0. The Labute approximate surface area is 151 Å². The molecule has 0 unspecified atom stereocenters. The standard InChI is InChI=1S/C16H16BrClFN3O2/c1-24-20-8-10-13-3-2-6-22(13)16(23)14(18)15(10)21-12-5-4-9(17)7-11(12)19/h4-5,7,20-21H,2-3,6,8H2,1H3. The Kier molecular flexibility index (Phi) is 5.24. The van der Waals surface area contributed by atoms with Gasteiger partial charge in [0.15, 0.2) is 0 Å². The molecule has 2 heterocycles. The molecule has 0 aliphatic carbocycles. The van der Waals surface area contributed by atoms with E-state index < -0.39 is 5.82 Å². The molecular formula is C16H16BrClFN3O2. The molecule has 1 aromatic heterocycles. The number of nitrogens with zero attached hydrogens (tertiary/aromatic N) is 1. The number of rotatable bonds is 5. The molecule has 0 saturated heterocycles. The van der Waals surface area contributed by atoms with Gasteiger partial charge in [0.2, 0.25) is 0 Å². The van der Waals surface area contributed by atoms with E-state index >= 15 is 0 Å². The van der Waals surface area contributed by atoms with Crippen molar-refractivity contribution >= 4 is 38.9 Å². The largest absolute Gasteiger partial charge is 0.351 e. The number of anilines is 2. The average molecular weight is 417 g/mol. The number of hydrogen-bond acceptors (Lipinski definition) is 4. The minimum Gasteiger partial charge on any atom is -0.351 e. The van der Waals surface area contributed by atoms with Crippen molar-refractivity contribution in [2.75, 3.05) is 12.4 Å². The summed E-state index contributed by atoms with van der Waals surface area (Å²) in [4.78, 5) is 17.4. The minimum absolute atomic E-state index is 0.0517. The maximum atomic E-state index is 14.2. The van der Waals surface area contributed by atoms with Crippen LogP contribution in [0.15, 0.2) is 27.5 Å². The molecule has 2 N–H and O–H groups in total. The number of benzene rings is 1. The summed E-state index contributed by atoms with van der Waals surface area (Å²) in [5.41, 5.74) is 4.89. The molecule has 24 heavy (non-hydrogen) atoms. The van der Waals surface area contributed by atoms with Gasteiger partial charge in [0.25, 0.3) is 5.56 Å². The fourth-order valence-electron chi connectivity index (χ4n) is 2.91. The third kappa shape index (κ3) is 3.21. The first kappa shape index (κ1) is 17.4. The first-order chi connectivity index (χ1) is 11.5. The van der Waals surface area contributed by atoms with Crippen LogP contribution in [-0.2, 0) is 24.3 Å². The summed E-state index contributed by atoms with van der Waals surface area (Å²) in [5, 5.41) is 3.03. The van der Waals surface area contributed by atoms with Gasteiger partial charge in [-0.25, -0.2) is 4.39 Å². The van der Waals surface area contributed by atoms with E-state index in [9.17, 15) is 9.18 Å². The summed E-state index contributed by atoms with van der Waals surface area (Å²) in [6.07, 6.45) is 1.65. The molecule has 0 radical (unpaired) electrons. The van der Waals surface area contributed by atoms with Gasteiger partial charge < -0.3 is 14.7 Å². The van der Waals surface area contributed by atoms with Crippen molar-refractivity contribution in [2.24, 2.45) is 0 Å². The predicted octanol–water partition coefficient (Wildman–Crippen LogP) is 3.74. The lowest BCUT2D eigenvalue weighted by atomic mass is 10.1. The molecule has 0 amide bonds. The van der Waals surface area contributed by atoms with E-state index in [0.29, 0.717) is 23.2 Å². The van der Waals surface area contributed by atoms with E-state index in [2.05, 4.69) is 26.7 Å². The molecule has 1 aliphatic heterocycles. The van der Waals surface area contributed by atoms with Gasteiger partial charge in [-0.2, -0.15) is 5.48 Å². The summed E-state index contributed by atoms with van der Waals surface area (Å²) in [6.45, 7) is 0.993. The highest BCUT2D eigenvalue weighted by Gasteiger charge is 2.24. The van der Waals surface area contributed by atoms with E-state index in [1.807, 2.05) is 0 Å². The van der Waals surface area contributed by atoms with Crippen molar-refractivity contribution in [3.05, 3.63) is 55.1 Å². The molecule has 1 aliphatic rings. The summed E-state index contributed by atoms with van der Waals surface area (Å²) in [7, 11) is 1.51. The first-order valence-corrected chi connectivity index (χ1v) is 8.62. The lowest BCUT2D eigenvalue weighted by Crippen LogP contribution is -2.25. The zero-order chi connectivity index (χ0) is 17.3. The number of pyridine rings is 1. The quantitative estimate of drug-likeness (QED) is 0.729. The Balaban J connectivity index is 2.11. The van der Waals surface area contributed by atoms with Crippen LogP contribution in [0, 0.1) is 5.82 Å². The molecular weight excluding hydrogens is 401 g/mol. The fourth-order valence-corrected chi connectivity index (χ4v) is 3.50. The molecule has 1 aromatic carbocycles. The van der Waals surface area contributed by atoms with E-state index in [1.54, 1.807) is 16.7 Å². The highest BCUT2D eigenvalue weighted by molar-refractivity contribution is 9.10. The van der Waals surface area contributed by atoms with Crippen LogP contribution >= 0.6 is 27.5 Å². The number of fused-ring (bicyclic) bond motifs is 1. The summed E-state index contributed by atoms with van der Waals surface area (Å²) >= 11 is 9.52. The van der Waals surface area contributed by atoms with Crippen LogP contribution in [0.25, 0.3) is 0 Å². The maximum Gasteiger partial charge on any atom is 0.271 e. The molecule has 0 fully saturated rings. The monoisotopic (exact) mass is 415 g/mol. The van der Waals surface area contributed by atoms with E-state index in [0.717, 1.165) is 24.1 Å². The molecule has 8 heteroatoms.